The van der Waals surface area contributed by atoms with Crippen LogP contribution in [0.15, 0.2) is 12.1 Å². The van der Waals surface area contributed by atoms with Gasteiger partial charge in [-0.1, -0.05) is 17.7 Å². The summed E-state index contributed by atoms with van der Waals surface area (Å²) in [5.41, 5.74) is 5.60. The third kappa shape index (κ3) is 4.30. The molecule has 1 aromatic carbocycles. The molecular formula is C16H26N2O. The summed E-state index contributed by atoms with van der Waals surface area (Å²) >= 11 is 0. The lowest BCUT2D eigenvalue weighted by molar-refractivity contribution is 0.0384. The molecule has 0 spiro atoms. The van der Waals surface area contributed by atoms with Crippen LogP contribution in [0.2, 0.25) is 0 Å². The zero-order valence-electron chi connectivity index (χ0n) is 12.5. The molecule has 0 aromatic heterocycles. The van der Waals surface area contributed by atoms with Crippen molar-refractivity contribution < 1.29 is 4.74 Å². The van der Waals surface area contributed by atoms with Crippen molar-refractivity contribution in [2.75, 3.05) is 39.4 Å². The highest BCUT2D eigenvalue weighted by atomic mass is 16.5. The molecule has 0 unspecified atom stereocenters. The van der Waals surface area contributed by atoms with Crippen LogP contribution < -0.4 is 5.32 Å². The van der Waals surface area contributed by atoms with Crippen molar-refractivity contribution in [3.05, 3.63) is 34.4 Å². The van der Waals surface area contributed by atoms with Crippen LogP contribution in [0.25, 0.3) is 0 Å². The van der Waals surface area contributed by atoms with E-state index in [1.807, 2.05) is 0 Å². The second-order valence-electron chi connectivity index (χ2n) is 5.51. The minimum absolute atomic E-state index is 0.885. The Balaban J connectivity index is 1.76. The molecule has 1 aromatic rings. The van der Waals surface area contributed by atoms with E-state index in [1.54, 1.807) is 0 Å². The number of hydrogen-bond acceptors (Lipinski definition) is 3. The smallest absolute Gasteiger partial charge is 0.0594 e. The van der Waals surface area contributed by atoms with Crippen LogP contribution in [-0.4, -0.2) is 44.3 Å². The van der Waals surface area contributed by atoms with E-state index in [0.29, 0.717) is 0 Å². The molecule has 19 heavy (non-hydrogen) atoms. The van der Waals surface area contributed by atoms with Crippen LogP contribution in [0.3, 0.4) is 0 Å². The predicted molar refractivity (Wildman–Crippen MR) is 79.6 cm³/mol. The lowest BCUT2D eigenvalue weighted by atomic mass is 10.00. The highest BCUT2D eigenvalue weighted by molar-refractivity contribution is 5.37. The number of rotatable bonds is 5. The topological polar surface area (TPSA) is 24.5 Å². The zero-order valence-corrected chi connectivity index (χ0v) is 12.5. The Morgan fingerprint density at radius 2 is 1.74 bits per heavy atom. The normalized spacial score (nSPS) is 16.8. The minimum atomic E-state index is 0.885. The monoisotopic (exact) mass is 262 g/mol. The Bertz CT molecular complexity index is 388. The van der Waals surface area contributed by atoms with E-state index < -0.39 is 0 Å². The van der Waals surface area contributed by atoms with Crippen LogP contribution >= 0.6 is 0 Å². The second kappa shape index (κ2) is 7.04. The van der Waals surface area contributed by atoms with Gasteiger partial charge in [-0.05, 0) is 37.5 Å². The average Bonchev–Trinajstić information content (AvgIpc) is 2.38. The molecule has 1 aliphatic heterocycles. The maximum atomic E-state index is 5.36. The maximum Gasteiger partial charge on any atom is 0.0594 e. The molecule has 106 valence electrons. The Morgan fingerprint density at radius 1 is 1.11 bits per heavy atom. The van der Waals surface area contributed by atoms with Gasteiger partial charge >= 0.3 is 0 Å². The third-order valence-electron chi connectivity index (χ3n) is 3.85. The summed E-state index contributed by atoms with van der Waals surface area (Å²) in [6.45, 7) is 13.6. The fraction of sp³-hybridized carbons (Fsp3) is 0.625. The van der Waals surface area contributed by atoms with Crippen molar-refractivity contribution >= 4 is 0 Å². The Kier molecular flexibility index (Phi) is 5.37. The second-order valence-corrected chi connectivity index (χ2v) is 5.51. The van der Waals surface area contributed by atoms with E-state index in [0.717, 1.165) is 45.9 Å². The van der Waals surface area contributed by atoms with Crippen LogP contribution in [0.4, 0.5) is 0 Å². The van der Waals surface area contributed by atoms with Gasteiger partial charge in [-0.25, -0.2) is 0 Å². The molecule has 1 aliphatic rings. The number of nitrogens with zero attached hydrogens (tertiary/aromatic N) is 1. The first-order valence-corrected chi connectivity index (χ1v) is 7.24. The SMILES string of the molecule is Cc1cc(C)c(CNCCN2CCOCC2)c(C)c1. The molecule has 1 heterocycles. The molecule has 0 amide bonds. The molecule has 1 saturated heterocycles. The molecule has 1 N–H and O–H groups in total. The van der Waals surface area contributed by atoms with E-state index in [4.69, 9.17) is 4.74 Å². The van der Waals surface area contributed by atoms with Gasteiger partial charge in [-0.2, -0.15) is 0 Å². The van der Waals surface area contributed by atoms with Gasteiger partial charge in [0.05, 0.1) is 13.2 Å². The third-order valence-corrected chi connectivity index (χ3v) is 3.85. The lowest BCUT2D eigenvalue weighted by Gasteiger charge is -2.26. The molecule has 0 aliphatic carbocycles. The van der Waals surface area contributed by atoms with Crippen molar-refractivity contribution in [2.24, 2.45) is 0 Å². The number of hydrogen-bond donors (Lipinski definition) is 1. The Morgan fingerprint density at radius 3 is 2.37 bits per heavy atom. The van der Waals surface area contributed by atoms with Crippen LogP contribution in [-0.2, 0) is 11.3 Å². The van der Waals surface area contributed by atoms with Crippen LogP contribution in [0.5, 0.6) is 0 Å². The lowest BCUT2D eigenvalue weighted by Crippen LogP contribution is -2.40. The minimum Gasteiger partial charge on any atom is -0.379 e. The van der Waals surface area contributed by atoms with Crippen molar-refractivity contribution in [3.63, 3.8) is 0 Å². The van der Waals surface area contributed by atoms with Gasteiger partial charge in [-0.3, -0.25) is 4.90 Å². The first kappa shape index (κ1) is 14.5. The summed E-state index contributed by atoms with van der Waals surface area (Å²) in [5, 5.41) is 3.57. The summed E-state index contributed by atoms with van der Waals surface area (Å²) < 4.78 is 5.36. The molecule has 3 heteroatoms. The van der Waals surface area contributed by atoms with E-state index in [-0.39, 0.29) is 0 Å². The highest BCUT2D eigenvalue weighted by Crippen LogP contribution is 2.15. The van der Waals surface area contributed by atoms with Gasteiger partial charge in [0.15, 0.2) is 0 Å². The molecule has 0 radical (unpaired) electrons. The standard InChI is InChI=1S/C16H26N2O/c1-13-10-14(2)16(15(3)11-13)12-17-4-5-18-6-8-19-9-7-18/h10-11,17H,4-9,12H2,1-3H3. The molecule has 1 fully saturated rings. The van der Waals surface area contributed by atoms with Crippen molar-refractivity contribution in [2.45, 2.75) is 27.3 Å². The number of aryl methyl sites for hydroxylation is 3. The number of morpholine rings is 1. The van der Waals surface area contributed by atoms with Gasteiger partial charge < -0.3 is 10.1 Å². The first-order chi connectivity index (χ1) is 9.16. The number of ether oxygens (including phenoxy) is 1. The summed E-state index contributed by atoms with van der Waals surface area (Å²) in [6.07, 6.45) is 0. The number of benzene rings is 1. The molecule has 2 rings (SSSR count). The molecule has 0 bridgehead atoms. The van der Waals surface area contributed by atoms with E-state index in [9.17, 15) is 0 Å². The largest absolute Gasteiger partial charge is 0.379 e. The van der Waals surface area contributed by atoms with Gasteiger partial charge in [0.1, 0.15) is 0 Å². The first-order valence-electron chi connectivity index (χ1n) is 7.24. The fourth-order valence-corrected chi connectivity index (χ4v) is 2.76. The average molecular weight is 262 g/mol. The van der Waals surface area contributed by atoms with E-state index in [1.165, 1.54) is 22.3 Å². The maximum absolute atomic E-state index is 5.36. The number of nitrogens with one attached hydrogen (secondary N) is 1. The summed E-state index contributed by atoms with van der Waals surface area (Å²) in [5.74, 6) is 0. The van der Waals surface area contributed by atoms with E-state index in [2.05, 4.69) is 43.1 Å². The molecular weight excluding hydrogens is 236 g/mol. The summed E-state index contributed by atoms with van der Waals surface area (Å²) in [4.78, 5) is 2.46. The van der Waals surface area contributed by atoms with E-state index >= 15 is 0 Å². The Hall–Kier alpha value is -0.900. The van der Waals surface area contributed by atoms with Crippen LogP contribution in [0.1, 0.15) is 22.3 Å². The van der Waals surface area contributed by atoms with Gasteiger partial charge in [0.25, 0.3) is 0 Å². The van der Waals surface area contributed by atoms with Gasteiger partial charge in [0.2, 0.25) is 0 Å². The van der Waals surface area contributed by atoms with Gasteiger partial charge in [-0.15, -0.1) is 0 Å². The predicted octanol–water partition coefficient (Wildman–Crippen LogP) is 2.03. The van der Waals surface area contributed by atoms with Crippen molar-refractivity contribution in [3.8, 4) is 0 Å². The summed E-state index contributed by atoms with van der Waals surface area (Å²) in [6, 6.07) is 4.54. The summed E-state index contributed by atoms with van der Waals surface area (Å²) in [7, 11) is 0. The molecule has 0 saturated carbocycles. The zero-order chi connectivity index (χ0) is 13.7. The quantitative estimate of drug-likeness (QED) is 0.822. The Labute approximate surface area is 116 Å². The van der Waals surface area contributed by atoms with Gasteiger partial charge in [0, 0.05) is 32.7 Å². The molecule has 3 nitrogen and oxygen atoms in total. The van der Waals surface area contributed by atoms with Crippen molar-refractivity contribution in [1.82, 2.24) is 10.2 Å². The fourth-order valence-electron chi connectivity index (χ4n) is 2.76. The highest BCUT2D eigenvalue weighted by Gasteiger charge is 2.09. The van der Waals surface area contributed by atoms with Crippen molar-refractivity contribution in [1.29, 1.82) is 0 Å². The van der Waals surface area contributed by atoms with Crippen LogP contribution in [0, 0.1) is 20.8 Å². The molecule has 0 atom stereocenters.